The van der Waals surface area contributed by atoms with Crippen molar-refractivity contribution in [2.24, 2.45) is 5.92 Å². The zero-order valence-electron chi connectivity index (χ0n) is 20.9. The fourth-order valence-corrected chi connectivity index (χ4v) is 4.61. The third kappa shape index (κ3) is 7.05. The molecule has 1 atom stereocenters. The van der Waals surface area contributed by atoms with Crippen LogP contribution in [0, 0.1) is 26.7 Å². The molecule has 33 heavy (non-hydrogen) atoms. The first-order valence-corrected chi connectivity index (χ1v) is 12.2. The van der Waals surface area contributed by atoms with E-state index in [2.05, 4.69) is 62.2 Å². The number of piperidine rings is 1. The number of likely N-dealkylation sites (tertiary alicyclic amines) is 1. The summed E-state index contributed by atoms with van der Waals surface area (Å²) < 4.78 is 11.0. The van der Waals surface area contributed by atoms with Gasteiger partial charge in [0, 0.05) is 19.7 Å². The van der Waals surface area contributed by atoms with Gasteiger partial charge >= 0.3 is 0 Å². The third-order valence-electron chi connectivity index (χ3n) is 7.04. The van der Waals surface area contributed by atoms with Crippen molar-refractivity contribution < 1.29 is 14.3 Å². The Morgan fingerprint density at radius 1 is 1.03 bits per heavy atom. The molecule has 1 saturated heterocycles. The van der Waals surface area contributed by atoms with Gasteiger partial charge in [-0.1, -0.05) is 35.9 Å². The van der Waals surface area contributed by atoms with E-state index in [1.807, 2.05) is 12.1 Å². The molecule has 0 spiro atoms. The zero-order valence-corrected chi connectivity index (χ0v) is 20.9. The fourth-order valence-electron chi connectivity index (χ4n) is 4.61. The van der Waals surface area contributed by atoms with Gasteiger partial charge in [0.05, 0.1) is 13.0 Å². The lowest BCUT2D eigenvalue weighted by atomic mass is 9.92. The van der Waals surface area contributed by atoms with E-state index in [0.29, 0.717) is 31.6 Å². The van der Waals surface area contributed by atoms with Gasteiger partial charge in [0.2, 0.25) is 5.91 Å². The van der Waals surface area contributed by atoms with E-state index in [1.165, 1.54) is 22.3 Å². The molecule has 1 aliphatic heterocycles. The Bertz CT molecular complexity index is 902. The van der Waals surface area contributed by atoms with Crippen LogP contribution in [0.15, 0.2) is 36.4 Å². The Morgan fingerprint density at radius 2 is 1.73 bits per heavy atom. The summed E-state index contributed by atoms with van der Waals surface area (Å²) >= 11 is 0. The van der Waals surface area contributed by atoms with Crippen LogP contribution in [-0.2, 0) is 16.0 Å². The van der Waals surface area contributed by atoms with Gasteiger partial charge in [-0.2, -0.15) is 0 Å². The molecule has 1 aliphatic rings. The van der Waals surface area contributed by atoms with E-state index in [9.17, 15) is 4.79 Å². The molecule has 5 nitrogen and oxygen atoms in total. The highest BCUT2D eigenvalue weighted by Gasteiger charge is 2.25. The number of amides is 1. The molecule has 0 bridgehead atoms. The summed E-state index contributed by atoms with van der Waals surface area (Å²) in [5.41, 5.74) is 6.18. The number of hydrogen-bond donors (Lipinski definition) is 1. The van der Waals surface area contributed by atoms with Gasteiger partial charge in [0.15, 0.2) is 0 Å². The number of methoxy groups -OCH3 is 1. The lowest BCUT2D eigenvalue weighted by molar-refractivity contribution is -0.120. The van der Waals surface area contributed by atoms with Gasteiger partial charge in [0.25, 0.3) is 0 Å². The van der Waals surface area contributed by atoms with E-state index in [0.717, 1.165) is 43.8 Å². The Morgan fingerprint density at radius 3 is 2.39 bits per heavy atom. The van der Waals surface area contributed by atoms with E-state index >= 15 is 0 Å². The number of carbonyl (C=O) groups excluding carboxylic acids is 1. The molecule has 2 aromatic rings. The van der Waals surface area contributed by atoms with Crippen LogP contribution in [-0.4, -0.2) is 50.8 Å². The minimum Gasteiger partial charge on any atom is -0.491 e. The molecule has 1 amide bonds. The van der Waals surface area contributed by atoms with Crippen LogP contribution in [0.3, 0.4) is 0 Å². The molecular weight excluding hydrogens is 412 g/mol. The topological polar surface area (TPSA) is 50.8 Å². The van der Waals surface area contributed by atoms with Crippen molar-refractivity contribution in [3.63, 3.8) is 0 Å². The minimum absolute atomic E-state index is 0.119. The molecule has 180 valence electrons. The van der Waals surface area contributed by atoms with Crippen molar-refractivity contribution >= 4 is 5.91 Å². The maximum Gasteiger partial charge on any atom is 0.224 e. The summed E-state index contributed by atoms with van der Waals surface area (Å²) in [4.78, 5) is 14.9. The highest BCUT2D eigenvalue weighted by molar-refractivity contribution is 5.78. The summed E-state index contributed by atoms with van der Waals surface area (Å²) in [6.45, 7) is 12.8. The van der Waals surface area contributed by atoms with Crippen molar-refractivity contribution in [3.05, 3.63) is 64.2 Å². The molecule has 3 rings (SSSR count). The highest BCUT2D eigenvalue weighted by Crippen LogP contribution is 2.32. The summed E-state index contributed by atoms with van der Waals surface area (Å²) in [5.74, 6) is 1.61. The second-order valence-corrected chi connectivity index (χ2v) is 9.37. The van der Waals surface area contributed by atoms with Gasteiger partial charge in [-0.15, -0.1) is 0 Å². The van der Waals surface area contributed by atoms with Crippen LogP contribution in [0.1, 0.15) is 53.6 Å². The SMILES string of the molecule is COCCOc1ccc(C(C)N2CCC(CNC(=O)Cc3ccc(C)cc3)CC2)c(C)c1C. The third-order valence-corrected chi connectivity index (χ3v) is 7.04. The quantitative estimate of drug-likeness (QED) is 0.528. The highest BCUT2D eigenvalue weighted by atomic mass is 16.5. The smallest absolute Gasteiger partial charge is 0.224 e. The van der Waals surface area contributed by atoms with Crippen LogP contribution >= 0.6 is 0 Å². The largest absolute Gasteiger partial charge is 0.491 e. The predicted molar refractivity (Wildman–Crippen MR) is 134 cm³/mol. The van der Waals surface area contributed by atoms with Crippen molar-refractivity contribution in [1.82, 2.24) is 10.2 Å². The van der Waals surface area contributed by atoms with E-state index in [4.69, 9.17) is 9.47 Å². The molecule has 0 saturated carbocycles. The van der Waals surface area contributed by atoms with E-state index in [-0.39, 0.29) is 5.91 Å². The molecule has 1 fully saturated rings. The average molecular weight is 453 g/mol. The number of nitrogens with one attached hydrogen (secondary N) is 1. The van der Waals surface area contributed by atoms with Crippen LogP contribution < -0.4 is 10.1 Å². The molecule has 2 aromatic carbocycles. The molecule has 0 aliphatic carbocycles. The first kappa shape index (κ1) is 25.3. The Kier molecular flexibility index (Phi) is 9.33. The molecule has 0 aromatic heterocycles. The van der Waals surface area contributed by atoms with Crippen LogP contribution in [0.25, 0.3) is 0 Å². The van der Waals surface area contributed by atoms with Crippen molar-refractivity contribution in [3.8, 4) is 5.75 Å². The van der Waals surface area contributed by atoms with Crippen LogP contribution in [0.4, 0.5) is 0 Å². The number of aryl methyl sites for hydroxylation is 1. The van der Waals surface area contributed by atoms with Crippen molar-refractivity contribution in [2.45, 2.75) is 53.0 Å². The maximum atomic E-state index is 12.3. The number of hydrogen-bond acceptors (Lipinski definition) is 4. The Hall–Kier alpha value is -2.37. The van der Waals surface area contributed by atoms with Gasteiger partial charge in [-0.05, 0) is 87.9 Å². The summed E-state index contributed by atoms with van der Waals surface area (Å²) in [7, 11) is 1.69. The first-order valence-electron chi connectivity index (χ1n) is 12.2. The number of nitrogens with zero attached hydrogens (tertiary/aromatic N) is 1. The molecular formula is C28H40N2O3. The minimum atomic E-state index is 0.119. The maximum absolute atomic E-state index is 12.3. The molecule has 1 heterocycles. The lowest BCUT2D eigenvalue weighted by Gasteiger charge is -2.37. The van der Waals surface area contributed by atoms with Crippen LogP contribution in [0.2, 0.25) is 0 Å². The predicted octanol–water partition coefficient (Wildman–Crippen LogP) is 4.77. The standard InChI is InChI=1S/C28H40N2O3/c1-20-6-8-24(9-7-20)18-28(31)29-19-25-12-14-30(15-13-25)23(4)26-10-11-27(22(3)21(26)2)33-17-16-32-5/h6-11,23,25H,12-19H2,1-5H3,(H,29,31). The number of rotatable bonds is 10. The second-order valence-electron chi connectivity index (χ2n) is 9.37. The van der Waals surface area contributed by atoms with Gasteiger partial charge in [0.1, 0.15) is 12.4 Å². The van der Waals surface area contributed by atoms with Crippen molar-refractivity contribution in [1.29, 1.82) is 0 Å². The Labute approximate surface area is 199 Å². The molecule has 0 radical (unpaired) electrons. The van der Waals surface area contributed by atoms with Crippen molar-refractivity contribution in [2.75, 3.05) is 40.0 Å². The zero-order chi connectivity index (χ0) is 23.8. The monoisotopic (exact) mass is 452 g/mol. The number of carbonyl (C=O) groups is 1. The Balaban J connectivity index is 1.46. The van der Waals surface area contributed by atoms with E-state index < -0.39 is 0 Å². The van der Waals surface area contributed by atoms with E-state index in [1.54, 1.807) is 7.11 Å². The molecule has 1 unspecified atom stereocenters. The van der Waals surface area contributed by atoms with Gasteiger partial charge in [-0.25, -0.2) is 0 Å². The molecule has 5 heteroatoms. The van der Waals surface area contributed by atoms with Gasteiger partial charge < -0.3 is 14.8 Å². The normalized spacial score (nSPS) is 15.9. The van der Waals surface area contributed by atoms with Crippen LogP contribution in [0.5, 0.6) is 5.75 Å². The average Bonchev–Trinajstić information content (AvgIpc) is 2.82. The summed E-state index contributed by atoms with van der Waals surface area (Å²) in [6, 6.07) is 12.9. The summed E-state index contributed by atoms with van der Waals surface area (Å²) in [5, 5.41) is 3.15. The summed E-state index contributed by atoms with van der Waals surface area (Å²) in [6.07, 6.45) is 2.69. The van der Waals surface area contributed by atoms with Gasteiger partial charge in [-0.3, -0.25) is 9.69 Å². The number of benzene rings is 2. The first-order chi connectivity index (χ1) is 15.9. The fraction of sp³-hybridized carbons (Fsp3) is 0.536. The second kappa shape index (κ2) is 12.2. The number of ether oxygens (including phenoxy) is 2. The lowest BCUT2D eigenvalue weighted by Crippen LogP contribution is -2.40. The molecule has 1 N–H and O–H groups in total.